The first kappa shape index (κ1) is 18.8. The Morgan fingerprint density at radius 2 is 1.96 bits per heavy atom. The van der Waals surface area contributed by atoms with Crippen LogP contribution in [0.3, 0.4) is 0 Å². The minimum Gasteiger partial charge on any atom is -0.385 e. The minimum atomic E-state index is 0.0161. The molecule has 0 bridgehead atoms. The van der Waals surface area contributed by atoms with Gasteiger partial charge in [-0.1, -0.05) is 6.07 Å². The zero-order valence-corrected chi connectivity index (χ0v) is 16.1. The Labute approximate surface area is 160 Å². The van der Waals surface area contributed by atoms with E-state index in [1.54, 1.807) is 14.2 Å². The maximum atomic E-state index is 5.66. The van der Waals surface area contributed by atoms with E-state index in [0.29, 0.717) is 13.2 Å². The summed E-state index contributed by atoms with van der Waals surface area (Å²) < 4.78 is 12.7. The summed E-state index contributed by atoms with van der Waals surface area (Å²) in [6, 6.07) is 10.3. The van der Waals surface area contributed by atoms with E-state index in [1.165, 1.54) is 5.69 Å². The average molecular weight is 375 g/mol. The van der Waals surface area contributed by atoms with Crippen molar-refractivity contribution in [3.8, 4) is 0 Å². The summed E-state index contributed by atoms with van der Waals surface area (Å²) in [4.78, 5) is 6.83. The van der Waals surface area contributed by atoms with Gasteiger partial charge in [-0.25, -0.2) is 0 Å². The highest BCUT2D eigenvalue weighted by Gasteiger charge is 2.40. The van der Waals surface area contributed by atoms with Crippen LogP contribution >= 0.6 is 12.2 Å². The third kappa shape index (κ3) is 4.06. The predicted octanol–water partition coefficient (Wildman–Crippen LogP) is 2.54. The molecule has 2 aromatic heterocycles. The molecule has 26 heavy (non-hydrogen) atoms. The lowest BCUT2D eigenvalue weighted by molar-refractivity contribution is 0.175. The zero-order valence-electron chi connectivity index (χ0n) is 15.3. The van der Waals surface area contributed by atoms with E-state index in [2.05, 4.69) is 38.1 Å². The van der Waals surface area contributed by atoms with Crippen LogP contribution in [-0.4, -0.2) is 53.5 Å². The Morgan fingerprint density at radius 1 is 1.12 bits per heavy atom. The van der Waals surface area contributed by atoms with Gasteiger partial charge in [-0.3, -0.25) is 4.98 Å². The van der Waals surface area contributed by atoms with Gasteiger partial charge in [0, 0.05) is 52.0 Å². The number of thiocarbonyl (C=S) groups is 1. The fourth-order valence-corrected chi connectivity index (χ4v) is 3.77. The highest BCUT2D eigenvalue weighted by atomic mass is 32.1. The van der Waals surface area contributed by atoms with Gasteiger partial charge in [-0.05, 0) is 42.9 Å². The van der Waals surface area contributed by atoms with Crippen LogP contribution in [0, 0.1) is 0 Å². The summed E-state index contributed by atoms with van der Waals surface area (Å²) in [6.45, 7) is 3.03. The van der Waals surface area contributed by atoms with Crippen molar-refractivity contribution < 1.29 is 9.47 Å². The maximum Gasteiger partial charge on any atom is 0.170 e. The van der Waals surface area contributed by atoms with Gasteiger partial charge in [0.2, 0.25) is 0 Å². The number of ether oxygens (including phenoxy) is 2. The SMILES string of the molecule is COCCCN1C(=S)N[C@@H](c2ccccn2)[C@H]1c1cccn1CCOC. The van der Waals surface area contributed by atoms with Crippen LogP contribution in [0.2, 0.25) is 0 Å². The molecular formula is C19H26N4O2S. The molecule has 2 aromatic rings. The van der Waals surface area contributed by atoms with E-state index in [1.807, 2.05) is 24.4 Å². The van der Waals surface area contributed by atoms with Gasteiger partial charge in [-0.15, -0.1) is 0 Å². The summed E-state index contributed by atoms with van der Waals surface area (Å²) in [6.07, 6.45) is 4.84. The quantitative estimate of drug-likeness (QED) is 0.538. The van der Waals surface area contributed by atoms with Crippen molar-refractivity contribution >= 4 is 17.3 Å². The van der Waals surface area contributed by atoms with Crippen molar-refractivity contribution in [2.24, 2.45) is 0 Å². The van der Waals surface area contributed by atoms with Crippen LogP contribution < -0.4 is 5.32 Å². The number of hydrogen-bond donors (Lipinski definition) is 1. The van der Waals surface area contributed by atoms with Gasteiger partial charge in [0.1, 0.15) is 0 Å². The molecule has 1 aliphatic rings. The van der Waals surface area contributed by atoms with Crippen molar-refractivity contribution in [2.45, 2.75) is 25.0 Å². The zero-order chi connectivity index (χ0) is 18.4. The number of methoxy groups -OCH3 is 2. The van der Waals surface area contributed by atoms with Crippen LogP contribution in [0.4, 0.5) is 0 Å². The van der Waals surface area contributed by atoms with Gasteiger partial charge in [0.15, 0.2) is 5.11 Å². The Bertz CT molecular complexity index is 707. The molecule has 3 rings (SSSR count). The Kier molecular flexibility index (Phi) is 6.60. The van der Waals surface area contributed by atoms with E-state index in [-0.39, 0.29) is 12.1 Å². The van der Waals surface area contributed by atoms with Gasteiger partial charge < -0.3 is 24.3 Å². The second kappa shape index (κ2) is 9.12. The molecule has 0 aliphatic carbocycles. The fraction of sp³-hybridized carbons (Fsp3) is 0.474. The van der Waals surface area contributed by atoms with Crippen LogP contribution in [0.25, 0.3) is 0 Å². The number of aromatic nitrogens is 2. The predicted molar refractivity (Wildman–Crippen MR) is 105 cm³/mol. The Balaban J connectivity index is 1.92. The molecule has 0 amide bonds. The molecule has 0 unspecified atom stereocenters. The van der Waals surface area contributed by atoms with Crippen LogP contribution in [-0.2, 0) is 16.0 Å². The average Bonchev–Trinajstić information content (AvgIpc) is 3.25. The van der Waals surface area contributed by atoms with E-state index in [0.717, 1.165) is 30.3 Å². The summed E-state index contributed by atoms with van der Waals surface area (Å²) >= 11 is 5.66. The molecular weight excluding hydrogens is 348 g/mol. The van der Waals surface area contributed by atoms with Crippen molar-refractivity contribution in [2.75, 3.05) is 34.0 Å². The van der Waals surface area contributed by atoms with E-state index < -0.39 is 0 Å². The first-order valence-corrected chi connectivity index (χ1v) is 9.28. The van der Waals surface area contributed by atoms with Crippen LogP contribution in [0.1, 0.15) is 29.9 Å². The van der Waals surface area contributed by atoms with Crippen molar-refractivity contribution in [3.63, 3.8) is 0 Å². The molecule has 1 N–H and O–H groups in total. The molecule has 1 saturated heterocycles. The number of pyridine rings is 1. The summed E-state index contributed by atoms with van der Waals surface area (Å²) in [5.41, 5.74) is 2.20. The van der Waals surface area contributed by atoms with Crippen molar-refractivity contribution in [1.29, 1.82) is 0 Å². The minimum absolute atomic E-state index is 0.0161. The standard InChI is InChI=1S/C19H26N4O2S/c1-24-13-6-11-23-18(16-8-5-10-22(16)12-14-25-2)17(21-19(23)26)15-7-3-4-9-20-15/h3-5,7-10,17-18H,6,11-14H2,1-2H3,(H,21,26)/t17-,18+/m0/s1. The first-order valence-electron chi connectivity index (χ1n) is 8.87. The number of hydrogen-bond acceptors (Lipinski definition) is 4. The largest absolute Gasteiger partial charge is 0.385 e. The molecule has 0 saturated carbocycles. The second-order valence-electron chi connectivity index (χ2n) is 6.29. The third-order valence-electron chi connectivity index (χ3n) is 4.65. The highest BCUT2D eigenvalue weighted by Crippen LogP contribution is 2.38. The molecule has 0 aromatic carbocycles. The molecule has 3 heterocycles. The van der Waals surface area contributed by atoms with Gasteiger partial charge >= 0.3 is 0 Å². The molecule has 0 radical (unpaired) electrons. The number of nitrogens with zero attached hydrogens (tertiary/aromatic N) is 3. The van der Waals surface area contributed by atoms with Crippen molar-refractivity contribution in [3.05, 3.63) is 54.1 Å². The summed E-state index contributed by atoms with van der Waals surface area (Å²) in [5, 5.41) is 4.24. The fourth-order valence-electron chi connectivity index (χ4n) is 3.44. The van der Waals surface area contributed by atoms with Gasteiger partial charge in [0.25, 0.3) is 0 Å². The van der Waals surface area contributed by atoms with Gasteiger partial charge in [-0.2, -0.15) is 0 Å². The van der Waals surface area contributed by atoms with E-state index in [4.69, 9.17) is 21.7 Å². The lowest BCUT2D eigenvalue weighted by Crippen LogP contribution is -2.32. The van der Waals surface area contributed by atoms with Gasteiger partial charge in [0.05, 0.1) is 24.4 Å². The molecule has 0 spiro atoms. The normalized spacial score (nSPS) is 19.8. The molecule has 1 fully saturated rings. The van der Waals surface area contributed by atoms with Crippen LogP contribution in [0.5, 0.6) is 0 Å². The van der Waals surface area contributed by atoms with Crippen molar-refractivity contribution in [1.82, 2.24) is 19.8 Å². The monoisotopic (exact) mass is 374 g/mol. The lowest BCUT2D eigenvalue weighted by Gasteiger charge is -2.29. The van der Waals surface area contributed by atoms with E-state index >= 15 is 0 Å². The molecule has 6 nitrogen and oxygen atoms in total. The lowest BCUT2D eigenvalue weighted by atomic mass is 10.0. The number of rotatable bonds is 9. The molecule has 2 atom stereocenters. The topological polar surface area (TPSA) is 51.5 Å². The third-order valence-corrected chi connectivity index (χ3v) is 5.00. The molecule has 1 aliphatic heterocycles. The maximum absolute atomic E-state index is 5.66. The molecule has 7 heteroatoms. The first-order chi connectivity index (χ1) is 12.8. The van der Waals surface area contributed by atoms with Crippen LogP contribution in [0.15, 0.2) is 42.7 Å². The summed E-state index contributed by atoms with van der Waals surface area (Å²) in [5.74, 6) is 0. The molecule has 140 valence electrons. The Morgan fingerprint density at radius 3 is 2.69 bits per heavy atom. The van der Waals surface area contributed by atoms with E-state index in [9.17, 15) is 0 Å². The number of nitrogens with one attached hydrogen (secondary N) is 1. The summed E-state index contributed by atoms with van der Waals surface area (Å²) in [7, 11) is 3.45. The smallest absolute Gasteiger partial charge is 0.170 e. The highest BCUT2D eigenvalue weighted by molar-refractivity contribution is 7.80. The Hall–Kier alpha value is -1.96. The second-order valence-corrected chi connectivity index (χ2v) is 6.67.